The third kappa shape index (κ3) is 3.44. The van der Waals surface area contributed by atoms with Gasteiger partial charge in [0.25, 0.3) is 0 Å². The molecular weight excluding hydrogens is 292 g/mol. The Labute approximate surface area is 125 Å². The second-order valence-electron chi connectivity index (χ2n) is 5.59. The normalized spacial score (nSPS) is 17.9. The molecule has 21 heavy (non-hydrogen) atoms. The van der Waals surface area contributed by atoms with Gasteiger partial charge >= 0.3 is 0 Å². The lowest BCUT2D eigenvalue weighted by Crippen LogP contribution is -2.40. The molecule has 2 rings (SSSR count). The number of anilines is 1. The van der Waals surface area contributed by atoms with Gasteiger partial charge in [0.1, 0.15) is 0 Å². The highest BCUT2D eigenvalue weighted by molar-refractivity contribution is 7.88. The average molecular weight is 314 g/mol. The summed E-state index contributed by atoms with van der Waals surface area (Å²) >= 11 is 0. The number of amides is 1. The van der Waals surface area contributed by atoms with Gasteiger partial charge in [-0.15, -0.1) is 0 Å². The lowest BCUT2D eigenvalue weighted by atomic mass is 9.97. The topological polar surface area (TPSA) is 84.3 Å². The molecule has 118 valence electrons. The first-order valence-electron chi connectivity index (χ1n) is 6.96. The van der Waals surface area contributed by atoms with Crippen LogP contribution in [0.5, 0.6) is 0 Å². The molecule has 0 spiro atoms. The fourth-order valence-corrected chi connectivity index (χ4v) is 3.50. The van der Waals surface area contributed by atoms with E-state index in [-0.39, 0.29) is 11.8 Å². The minimum absolute atomic E-state index is 0.0534. The summed E-state index contributed by atoms with van der Waals surface area (Å²) in [6.07, 6.45) is 2.31. The zero-order valence-corrected chi connectivity index (χ0v) is 13.7. The summed E-state index contributed by atoms with van der Waals surface area (Å²) in [6, 6.07) is 0. The molecule has 1 aromatic heterocycles. The SMILES string of the molecule is Cc1nn(C)c(C)c1NC(=O)C1CCN(S(C)(=O)=O)CC1. The van der Waals surface area contributed by atoms with Crippen LogP contribution in [0.25, 0.3) is 0 Å². The van der Waals surface area contributed by atoms with Gasteiger partial charge in [0.2, 0.25) is 15.9 Å². The van der Waals surface area contributed by atoms with Gasteiger partial charge in [-0.25, -0.2) is 12.7 Å². The van der Waals surface area contributed by atoms with Crippen molar-refractivity contribution in [2.45, 2.75) is 26.7 Å². The predicted molar refractivity (Wildman–Crippen MR) is 80.5 cm³/mol. The first kappa shape index (κ1) is 16.0. The van der Waals surface area contributed by atoms with E-state index < -0.39 is 10.0 Å². The van der Waals surface area contributed by atoms with Gasteiger partial charge in [-0.3, -0.25) is 9.48 Å². The number of nitrogens with one attached hydrogen (secondary N) is 1. The lowest BCUT2D eigenvalue weighted by Gasteiger charge is -2.29. The number of carbonyl (C=O) groups is 1. The fourth-order valence-electron chi connectivity index (χ4n) is 2.63. The second kappa shape index (κ2) is 5.76. The minimum Gasteiger partial charge on any atom is -0.323 e. The fraction of sp³-hybridized carbons (Fsp3) is 0.692. The van der Waals surface area contributed by atoms with Crippen LogP contribution in [0.1, 0.15) is 24.2 Å². The summed E-state index contributed by atoms with van der Waals surface area (Å²) in [4.78, 5) is 12.3. The molecular formula is C13H22N4O3S. The van der Waals surface area contributed by atoms with Crippen LogP contribution in [-0.4, -0.2) is 47.8 Å². The Morgan fingerprint density at radius 3 is 2.29 bits per heavy atom. The highest BCUT2D eigenvalue weighted by Gasteiger charge is 2.29. The molecule has 0 bridgehead atoms. The standard InChI is InChI=1S/C13H22N4O3S/c1-9-12(10(2)16(3)15-9)14-13(18)11-5-7-17(8-6-11)21(4,19)20/h11H,5-8H2,1-4H3,(H,14,18). The maximum Gasteiger partial charge on any atom is 0.227 e. The molecule has 1 amide bonds. The van der Waals surface area contributed by atoms with Crippen LogP contribution in [-0.2, 0) is 21.9 Å². The molecule has 1 aliphatic heterocycles. The van der Waals surface area contributed by atoms with Crippen molar-refractivity contribution in [2.75, 3.05) is 24.7 Å². The summed E-state index contributed by atoms with van der Waals surface area (Å²) < 4.78 is 26.1. The second-order valence-corrected chi connectivity index (χ2v) is 7.58. The van der Waals surface area contributed by atoms with Crippen molar-refractivity contribution in [3.05, 3.63) is 11.4 Å². The van der Waals surface area contributed by atoms with E-state index in [9.17, 15) is 13.2 Å². The Morgan fingerprint density at radius 1 is 1.29 bits per heavy atom. The largest absolute Gasteiger partial charge is 0.323 e. The van der Waals surface area contributed by atoms with E-state index in [2.05, 4.69) is 10.4 Å². The van der Waals surface area contributed by atoms with Gasteiger partial charge in [-0.1, -0.05) is 0 Å². The molecule has 0 saturated carbocycles. The van der Waals surface area contributed by atoms with Crippen molar-refractivity contribution >= 4 is 21.6 Å². The first-order valence-corrected chi connectivity index (χ1v) is 8.81. The Kier molecular flexibility index (Phi) is 4.38. The third-order valence-electron chi connectivity index (χ3n) is 4.05. The molecule has 1 saturated heterocycles. The zero-order chi connectivity index (χ0) is 15.8. The molecule has 1 aromatic rings. The van der Waals surface area contributed by atoms with Crippen LogP contribution in [0.4, 0.5) is 5.69 Å². The summed E-state index contributed by atoms with van der Waals surface area (Å²) in [6.45, 7) is 4.57. The van der Waals surface area contributed by atoms with E-state index in [1.54, 1.807) is 4.68 Å². The molecule has 1 aliphatic rings. The van der Waals surface area contributed by atoms with Crippen molar-refractivity contribution in [3.8, 4) is 0 Å². The van der Waals surface area contributed by atoms with Crippen LogP contribution in [0.15, 0.2) is 0 Å². The van der Waals surface area contributed by atoms with E-state index in [0.29, 0.717) is 25.9 Å². The number of rotatable bonds is 3. The number of hydrogen-bond donors (Lipinski definition) is 1. The maximum atomic E-state index is 12.3. The molecule has 0 unspecified atom stereocenters. The molecule has 0 aromatic carbocycles. The number of aromatic nitrogens is 2. The average Bonchev–Trinajstić information content (AvgIpc) is 2.64. The van der Waals surface area contributed by atoms with Crippen molar-refractivity contribution in [2.24, 2.45) is 13.0 Å². The third-order valence-corrected chi connectivity index (χ3v) is 5.35. The molecule has 1 fully saturated rings. The van der Waals surface area contributed by atoms with Gasteiger partial charge in [0, 0.05) is 26.1 Å². The molecule has 7 nitrogen and oxygen atoms in total. The molecule has 2 heterocycles. The molecule has 0 atom stereocenters. The van der Waals surface area contributed by atoms with Gasteiger partial charge in [0.15, 0.2) is 0 Å². The van der Waals surface area contributed by atoms with E-state index in [4.69, 9.17) is 0 Å². The summed E-state index contributed by atoms with van der Waals surface area (Å²) in [5, 5.41) is 7.20. The lowest BCUT2D eigenvalue weighted by molar-refractivity contribution is -0.120. The summed E-state index contributed by atoms with van der Waals surface area (Å²) in [7, 11) is -1.32. The van der Waals surface area contributed by atoms with Gasteiger partial charge in [-0.2, -0.15) is 5.10 Å². The van der Waals surface area contributed by atoms with Crippen molar-refractivity contribution in [1.82, 2.24) is 14.1 Å². The minimum atomic E-state index is -3.16. The van der Waals surface area contributed by atoms with E-state index in [1.807, 2.05) is 20.9 Å². The van der Waals surface area contributed by atoms with Gasteiger partial charge in [-0.05, 0) is 26.7 Å². The van der Waals surface area contributed by atoms with Crippen LogP contribution < -0.4 is 5.32 Å². The number of piperidine rings is 1. The van der Waals surface area contributed by atoms with Crippen molar-refractivity contribution in [1.29, 1.82) is 0 Å². The number of aryl methyl sites for hydroxylation is 2. The van der Waals surface area contributed by atoms with Crippen LogP contribution >= 0.6 is 0 Å². The van der Waals surface area contributed by atoms with Crippen LogP contribution in [0, 0.1) is 19.8 Å². The highest BCUT2D eigenvalue weighted by atomic mass is 32.2. The zero-order valence-electron chi connectivity index (χ0n) is 12.9. The van der Waals surface area contributed by atoms with E-state index >= 15 is 0 Å². The van der Waals surface area contributed by atoms with Crippen molar-refractivity contribution in [3.63, 3.8) is 0 Å². The molecule has 8 heteroatoms. The number of carbonyl (C=O) groups excluding carboxylic acids is 1. The van der Waals surface area contributed by atoms with Gasteiger partial charge in [0.05, 0.1) is 23.3 Å². The molecule has 1 N–H and O–H groups in total. The number of nitrogens with zero attached hydrogens (tertiary/aromatic N) is 3. The van der Waals surface area contributed by atoms with Crippen LogP contribution in [0.2, 0.25) is 0 Å². The number of sulfonamides is 1. The first-order chi connectivity index (χ1) is 9.70. The Bertz CT molecular complexity index is 643. The summed E-state index contributed by atoms with van der Waals surface area (Å²) in [5.74, 6) is -0.204. The predicted octanol–water partition coefficient (Wildman–Crippen LogP) is 0.647. The monoisotopic (exact) mass is 314 g/mol. The van der Waals surface area contributed by atoms with E-state index in [1.165, 1.54) is 10.6 Å². The summed E-state index contributed by atoms with van der Waals surface area (Å²) in [5.41, 5.74) is 2.46. The Balaban J connectivity index is 2.00. The van der Waals surface area contributed by atoms with E-state index in [0.717, 1.165) is 17.1 Å². The molecule has 0 aliphatic carbocycles. The smallest absolute Gasteiger partial charge is 0.227 e. The van der Waals surface area contributed by atoms with Crippen LogP contribution in [0.3, 0.4) is 0 Å². The number of hydrogen-bond acceptors (Lipinski definition) is 4. The Morgan fingerprint density at radius 2 is 1.86 bits per heavy atom. The van der Waals surface area contributed by atoms with Gasteiger partial charge < -0.3 is 5.32 Å². The highest BCUT2D eigenvalue weighted by Crippen LogP contribution is 2.23. The quantitative estimate of drug-likeness (QED) is 0.887. The molecule has 0 radical (unpaired) electrons. The Hall–Kier alpha value is -1.41. The maximum absolute atomic E-state index is 12.3. The van der Waals surface area contributed by atoms with Crippen molar-refractivity contribution < 1.29 is 13.2 Å².